The van der Waals surface area contributed by atoms with Crippen molar-refractivity contribution in [2.75, 3.05) is 0 Å². The number of halogens is 1. The van der Waals surface area contributed by atoms with Gasteiger partial charge in [0.2, 0.25) is 0 Å². The minimum atomic E-state index is -1.18. The number of hydrogen-bond donors (Lipinski definition) is 1. The van der Waals surface area contributed by atoms with Gasteiger partial charge in [0.25, 0.3) is 0 Å². The molecule has 2 atom stereocenters. The third-order valence-corrected chi connectivity index (χ3v) is 6.20. The molecule has 2 aromatic rings. The molecule has 146 valence electrons. The Morgan fingerprint density at radius 1 is 1.12 bits per heavy atom. The monoisotopic (exact) mass is 380 g/mol. The third kappa shape index (κ3) is 4.62. The van der Waals surface area contributed by atoms with Gasteiger partial charge in [0.15, 0.2) is 0 Å². The molecule has 0 unspecified atom stereocenters. The Kier molecular flexibility index (Phi) is 6.47. The Hall–Kier alpha value is -1.04. The van der Waals surface area contributed by atoms with E-state index in [0.717, 1.165) is 28.6 Å². The van der Waals surface area contributed by atoms with E-state index in [9.17, 15) is 8.94 Å². The Labute approximate surface area is 160 Å². The number of rotatable bonds is 6. The normalized spacial score (nSPS) is 15.2. The van der Waals surface area contributed by atoms with Crippen LogP contribution in [0.2, 0.25) is 0 Å². The summed E-state index contributed by atoms with van der Waals surface area (Å²) in [5.74, 6) is 0.451. The van der Waals surface area contributed by atoms with Crippen LogP contribution in [0.1, 0.15) is 78.5 Å². The van der Waals surface area contributed by atoms with E-state index in [4.69, 9.17) is 0 Å². The van der Waals surface area contributed by atoms with Crippen LogP contribution >= 0.6 is 0 Å². The van der Waals surface area contributed by atoms with Gasteiger partial charge in [-0.25, -0.2) is 4.39 Å². The maximum Gasteiger partial charge on any atom is 0.136 e. The maximum atomic E-state index is 14.6. The van der Waals surface area contributed by atoms with Gasteiger partial charge in [-0.3, -0.25) is 0 Å². The molecule has 0 aliphatic heterocycles. The first-order valence-corrected chi connectivity index (χ1v) is 10.6. The zero-order valence-electron chi connectivity index (χ0n) is 17.3. The van der Waals surface area contributed by atoms with E-state index in [1.165, 1.54) is 0 Å². The second-order valence-electron chi connectivity index (χ2n) is 8.90. The van der Waals surface area contributed by atoms with E-state index in [0.29, 0.717) is 5.92 Å². The van der Waals surface area contributed by atoms with Crippen molar-refractivity contribution in [2.24, 2.45) is 5.92 Å². The van der Waals surface area contributed by atoms with Crippen molar-refractivity contribution >= 4 is 22.3 Å². The summed E-state index contributed by atoms with van der Waals surface area (Å²) in [6.45, 7) is 17.1. The molecule has 0 saturated heterocycles. The van der Waals surface area contributed by atoms with Crippen LogP contribution in [0, 0.1) is 11.7 Å². The molecule has 0 aliphatic rings. The lowest BCUT2D eigenvalue weighted by atomic mass is 9.99. The molecule has 3 nitrogen and oxygen atoms in total. The number of hydrogen-bond acceptors (Lipinski definition) is 2. The molecule has 0 aliphatic carbocycles. The summed E-state index contributed by atoms with van der Waals surface area (Å²) in [4.78, 5) is 0. The van der Waals surface area contributed by atoms with E-state index in [1.807, 2.05) is 47.6 Å². The fourth-order valence-electron chi connectivity index (χ4n) is 3.09. The number of nitrogens with zero attached hydrogens (tertiary/aromatic N) is 1. The van der Waals surface area contributed by atoms with Gasteiger partial charge < -0.3 is 9.12 Å². The zero-order chi connectivity index (χ0) is 19.8. The molecule has 1 aromatic carbocycles. The highest BCUT2D eigenvalue weighted by Gasteiger charge is 2.29. The van der Waals surface area contributed by atoms with Crippen LogP contribution in [-0.2, 0) is 17.9 Å². The standard InChI is InChI=1S/C21H33FN2OS/c1-13(2)11-24-12-18(15(5)23-26(25)21(6,7)8)17-9-19(22)16(14(3)4)10-20(17)24/h9-10,12-15,23H,11H2,1-8H3/t15-,26+/m1/s1. The van der Waals surface area contributed by atoms with Crippen LogP contribution in [0.4, 0.5) is 4.39 Å². The van der Waals surface area contributed by atoms with E-state index >= 15 is 0 Å². The van der Waals surface area contributed by atoms with Gasteiger partial charge in [-0.05, 0) is 62.8 Å². The number of nitrogens with one attached hydrogen (secondary N) is 1. The van der Waals surface area contributed by atoms with Crippen molar-refractivity contribution in [3.63, 3.8) is 0 Å². The summed E-state index contributed by atoms with van der Waals surface area (Å²) in [6, 6.07) is 3.50. The summed E-state index contributed by atoms with van der Waals surface area (Å²) in [5, 5.41) is 0.901. The van der Waals surface area contributed by atoms with Crippen LogP contribution in [0.5, 0.6) is 0 Å². The van der Waals surface area contributed by atoms with Crippen LogP contribution in [-0.4, -0.2) is 13.9 Å². The molecule has 0 radical (unpaired) electrons. The van der Waals surface area contributed by atoms with Gasteiger partial charge in [0.05, 0.1) is 6.04 Å². The van der Waals surface area contributed by atoms with E-state index in [2.05, 4.69) is 29.3 Å². The van der Waals surface area contributed by atoms with Crippen LogP contribution in [0.25, 0.3) is 10.9 Å². The topological polar surface area (TPSA) is 40.0 Å². The van der Waals surface area contributed by atoms with Crippen LogP contribution in [0.15, 0.2) is 18.3 Å². The van der Waals surface area contributed by atoms with Crippen molar-refractivity contribution in [1.29, 1.82) is 0 Å². The minimum Gasteiger partial charge on any atom is -0.598 e. The molecule has 2 rings (SSSR count). The first kappa shape index (κ1) is 21.3. The molecule has 1 heterocycles. The summed E-state index contributed by atoms with van der Waals surface area (Å²) in [5.41, 5.74) is 2.78. The molecule has 0 bridgehead atoms. The molecule has 0 saturated carbocycles. The van der Waals surface area contributed by atoms with E-state index in [1.54, 1.807) is 6.07 Å². The fraction of sp³-hybridized carbons (Fsp3) is 0.619. The molecular formula is C21H33FN2OS. The molecule has 0 amide bonds. The number of benzene rings is 1. The van der Waals surface area contributed by atoms with Crippen molar-refractivity contribution in [2.45, 2.75) is 78.6 Å². The molecule has 0 fully saturated rings. The number of aromatic nitrogens is 1. The summed E-state index contributed by atoms with van der Waals surface area (Å²) in [7, 11) is 0. The van der Waals surface area contributed by atoms with Crippen LogP contribution in [0.3, 0.4) is 0 Å². The summed E-state index contributed by atoms with van der Waals surface area (Å²) in [6.07, 6.45) is 2.09. The van der Waals surface area contributed by atoms with Crippen molar-refractivity contribution in [3.8, 4) is 0 Å². The van der Waals surface area contributed by atoms with E-state index < -0.39 is 11.4 Å². The van der Waals surface area contributed by atoms with Gasteiger partial charge in [-0.2, -0.15) is 0 Å². The Balaban J connectivity index is 2.54. The molecule has 1 N–H and O–H groups in total. The highest BCUT2D eigenvalue weighted by Crippen LogP contribution is 2.32. The highest BCUT2D eigenvalue weighted by atomic mass is 32.2. The molecular weight excluding hydrogens is 347 g/mol. The SMILES string of the molecule is CC(C)Cn1cc([C@@H](C)N[S@@+]([O-])C(C)(C)C)c2cc(F)c(C(C)C)cc21. The third-order valence-electron chi connectivity index (χ3n) is 4.52. The van der Waals surface area contributed by atoms with Gasteiger partial charge >= 0.3 is 0 Å². The average molecular weight is 381 g/mol. The largest absolute Gasteiger partial charge is 0.598 e. The predicted octanol–water partition coefficient (Wildman–Crippen LogP) is 5.67. The van der Waals surface area contributed by atoms with Crippen molar-refractivity contribution < 1.29 is 8.94 Å². The Morgan fingerprint density at radius 2 is 1.73 bits per heavy atom. The highest BCUT2D eigenvalue weighted by molar-refractivity contribution is 7.90. The minimum absolute atomic E-state index is 0.129. The van der Waals surface area contributed by atoms with Gasteiger partial charge in [0.1, 0.15) is 10.6 Å². The zero-order valence-corrected chi connectivity index (χ0v) is 18.1. The van der Waals surface area contributed by atoms with Crippen molar-refractivity contribution in [3.05, 3.63) is 35.3 Å². The quantitative estimate of drug-likeness (QED) is 0.656. The Bertz CT molecular complexity index is 761. The average Bonchev–Trinajstić information content (AvgIpc) is 2.82. The Morgan fingerprint density at radius 3 is 2.23 bits per heavy atom. The lowest BCUT2D eigenvalue weighted by Gasteiger charge is -2.26. The summed E-state index contributed by atoms with van der Waals surface area (Å²) >= 11 is -1.18. The second kappa shape index (κ2) is 7.91. The van der Waals surface area contributed by atoms with Gasteiger partial charge in [0, 0.05) is 35.0 Å². The smallest absolute Gasteiger partial charge is 0.136 e. The van der Waals surface area contributed by atoms with Crippen LogP contribution < -0.4 is 4.72 Å². The van der Waals surface area contributed by atoms with Crippen molar-refractivity contribution in [1.82, 2.24) is 9.29 Å². The molecule has 0 spiro atoms. The number of fused-ring (bicyclic) bond motifs is 1. The fourth-order valence-corrected chi connectivity index (χ4v) is 3.89. The second-order valence-corrected chi connectivity index (χ2v) is 10.9. The van der Waals surface area contributed by atoms with E-state index in [-0.39, 0.29) is 22.5 Å². The predicted molar refractivity (Wildman–Crippen MR) is 110 cm³/mol. The lowest BCUT2D eigenvalue weighted by molar-refractivity contribution is 0.525. The molecule has 1 aromatic heterocycles. The first-order chi connectivity index (χ1) is 11.9. The van der Waals surface area contributed by atoms with Gasteiger partial charge in [-0.15, -0.1) is 4.72 Å². The lowest BCUT2D eigenvalue weighted by Crippen LogP contribution is -2.40. The van der Waals surface area contributed by atoms with Gasteiger partial charge in [-0.1, -0.05) is 27.7 Å². The first-order valence-electron chi connectivity index (χ1n) is 9.42. The maximum absolute atomic E-state index is 14.6. The molecule has 26 heavy (non-hydrogen) atoms. The summed E-state index contributed by atoms with van der Waals surface area (Å²) < 4.78 is 32.2. The molecule has 5 heteroatoms.